The summed E-state index contributed by atoms with van der Waals surface area (Å²) in [5, 5.41) is 31.8. The summed E-state index contributed by atoms with van der Waals surface area (Å²) in [5.41, 5.74) is 6.64. The Bertz CT molecular complexity index is 860. The van der Waals surface area contributed by atoms with E-state index in [0.29, 0.717) is 25.1 Å². The first kappa shape index (κ1) is 25.7. The van der Waals surface area contributed by atoms with Gasteiger partial charge in [0.05, 0.1) is 19.0 Å². The Balaban J connectivity index is 1.98. The van der Waals surface area contributed by atoms with E-state index >= 15 is 0 Å². The van der Waals surface area contributed by atoms with Gasteiger partial charge in [-0.25, -0.2) is 9.78 Å². The summed E-state index contributed by atoms with van der Waals surface area (Å²) in [7, 11) is 0. The number of carboxylic acid groups (broad SMARTS) is 2. The fraction of sp³-hybridized carbons (Fsp3) is 0.579. The van der Waals surface area contributed by atoms with Crippen LogP contribution >= 0.6 is 0 Å². The molecule has 0 bridgehead atoms. The number of carbonyl (C=O) groups excluding carboxylic acids is 3. The van der Waals surface area contributed by atoms with Crippen LogP contribution in [0.2, 0.25) is 0 Å². The molecule has 33 heavy (non-hydrogen) atoms. The molecule has 3 amide bonds. The van der Waals surface area contributed by atoms with Gasteiger partial charge in [0.25, 0.3) is 0 Å². The predicted octanol–water partition coefficient (Wildman–Crippen LogP) is -2.82. The molecule has 4 atom stereocenters. The molecule has 1 aromatic heterocycles. The Morgan fingerprint density at radius 2 is 1.94 bits per heavy atom. The summed E-state index contributed by atoms with van der Waals surface area (Å²) >= 11 is 0. The molecule has 182 valence electrons. The van der Waals surface area contributed by atoms with E-state index in [1.54, 1.807) is 0 Å². The van der Waals surface area contributed by atoms with Crippen LogP contribution in [0.5, 0.6) is 0 Å². The van der Waals surface area contributed by atoms with E-state index in [1.165, 1.54) is 17.4 Å². The molecule has 0 radical (unpaired) electrons. The normalized spacial score (nSPS) is 18.2. The van der Waals surface area contributed by atoms with Gasteiger partial charge in [0, 0.05) is 31.3 Å². The van der Waals surface area contributed by atoms with Crippen LogP contribution in [0.15, 0.2) is 12.5 Å². The Morgan fingerprint density at radius 3 is 2.52 bits per heavy atom. The number of aliphatic hydroxyl groups is 1. The van der Waals surface area contributed by atoms with Crippen molar-refractivity contribution in [2.75, 3.05) is 13.2 Å². The largest absolute Gasteiger partial charge is 0.481 e. The van der Waals surface area contributed by atoms with Crippen LogP contribution in [0.1, 0.15) is 31.4 Å². The second kappa shape index (κ2) is 11.9. The highest BCUT2D eigenvalue weighted by Crippen LogP contribution is 2.19. The predicted molar refractivity (Wildman–Crippen MR) is 110 cm³/mol. The maximum Gasteiger partial charge on any atom is 0.326 e. The Hall–Kier alpha value is -3.52. The van der Waals surface area contributed by atoms with Crippen molar-refractivity contribution in [2.24, 2.45) is 5.73 Å². The average molecular weight is 468 g/mol. The number of hydrogen-bond donors (Lipinski definition) is 7. The van der Waals surface area contributed by atoms with Gasteiger partial charge in [-0.2, -0.15) is 0 Å². The van der Waals surface area contributed by atoms with Crippen molar-refractivity contribution in [3.63, 3.8) is 0 Å². The molecule has 0 aromatic carbocycles. The van der Waals surface area contributed by atoms with Crippen molar-refractivity contribution < 1.29 is 39.3 Å². The number of rotatable bonds is 12. The fourth-order valence-electron chi connectivity index (χ4n) is 3.50. The number of aromatic nitrogens is 2. The number of nitrogens with two attached hydrogens (primary N) is 1. The van der Waals surface area contributed by atoms with Crippen LogP contribution < -0.4 is 16.4 Å². The number of aliphatic hydroxyl groups excluding tert-OH is 1. The molecule has 1 saturated heterocycles. The zero-order valence-electron chi connectivity index (χ0n) is 17.8. The molecule has 0 aliphatic carbocycles. The van der Waals surface area contributed by atoms with Crippen molar-refractivity contribution in [2.45, 2.75) is 56.3 Å². The first-order valence-electron chi connectivity index (χ1n) is 10.3. The number of aliphatic carboxylic acids is 2. The standard InChI is InChI=1S/C19H28N6O8/c20-11(6-10-7-21-9-22-10)18(31)25-5-1-2-14(25)17(30)24-13(8-26)16(29)23-12(19(32)33)3-4-15(27)28/h7,9,11-14,26H,1-6,8,20H2,(H,21,22)(H,23,29)(H,24,30)(H,27,28)(H,32,33). The topological polar surface area (TPSA) is 228 Å². The number of H-pyrrole nitrogens is 1. The number of nitrogens with one attached hydrogen (secondary N) is 3. The second-order valence-corrected chi connectivity index (χ2v) is 7.65. The molecular weight excluding hydrogens is 440 g/mol. The van der Waals surface area contributed by atoms with Gasteiger partial charge in [-0.05, 0) is 19.3 Å². The Morgan fingerprint density at radius 1 is 1.21 bits per heavy atom. The van der Waals surface area contributed by atoms with Crippen LogP contribution in [0.3, 0.4) is 0 Å². The quantitative estimate of drug-likeness (QED) is 0.166. The minimum absolute atomic E-state index is 0.193. The Kier molecular flexibility index (Phi) is 9.30. The zero-order chi connectivity index (χ0) is 24.5. The molecule has 0 spiro atoms. The molecule has 1 fully saturated rings. The molecule has 14 heteroatoms. The first-order chi connectivity index (χ1) is 15.6. The van der Waals surface area contributed by atoms with Crippen LogP contribution in [0.4, 0.5) is 0 Å². The number of aromatic amines is 1. The maximum atomic E-state index is 12.8. The summed E-state index contributed by atoms with van der Waals surface area (Å²) in [6.07, 6.45) is 3.17. The highest BCUT2D eigenvalue weighted by Gasteiger charge is 2.38. The summed E-state index contributed by atoms with van der Waals surface area (Å²) < 4.78 is 0. The lowest BCUT2D eigenvalue weighted by Crippen LogP contribution is -2.57. The molecule has 14 nitrogen and oxygen atoms in total. The smallest absolute Gasteiger partial charge is 0.326 e. The highest BCUT2D eigenvalue weighted by molar-refractivity contribution is 5.94. The van der Waals surface area contributed by atoms with Crippen molar-refractivity contribution in [1.29, 1.82) is 0 Å². The minimum Gasteiger partial charge on any atom is -0.481 e. The van der Waals surface area contributed by atoms with Crippen molar-refractivity contribution in [1.82, 2.24) is 25.5 Å². The SMILES string of the molecule is NC(Cc1cnc[nH]1)C(=O)N1CCCC1C(=O)NC(CO)C(=O)NC(CCC(=O)O)C(=O)O. The molecule has 2 rings (SSSR count). The number of hydrogen-bond acceptors (Lipinski definition) is 8. The molecule has 8 N–H and O–H groups in total. The third-order valence-electron chi connectivity index (χ3n) is 5.23. The van der Waals surface area contributed by atoms with Gasteiger partial charge in [0.2, 0.25) is 17.7 Å². The lowest BCUT2D eigenvalue weighted by molar-refractivity contribution is -0.144. The number of carbonyl (C=O) groups is 5. The lowest BCUT2D eigenvalue weighted by atomic mass is 10.1. The maximum absolute atomic E-state index is 12.8. The third kappa shape index (κ3) is 7.25. The van der Waals surface area contributed by atoms with Gasteiger partial charge in [-0.1, -0.05) is 0 Å². The zero-order valence-corrected chi connectivity index (χ0v) is 17.8. The van der Waals surface area contributed by atoms with E-state index in [9.17, 15) is 29.1 Å². The van der Waals surface area contributed by atoms with Crippen molar-refractivity contribution in [3.05, 3.63) is 18.2 Å². The lowest BCUT2D eigenvalue weighted by Gasteiger charge is -2.28. The number of likely N-dealkylation sites (tertiary alicyclic amines) is 1. The van der Waals surface area contributed by atoms with Crippen LogP contribution in [-0.4, -0.2) is 97.2 Å². The number of imidazole rings is 1. The van der Waals surface area contributed by atoms with Gasteiger partial charge < -0.3 is 41.6 Å². The second-order valence-electron chi connectivity index (χ2n) is 7.65. The molecule has 0 saturated carbocycles. The fourth-order valence-corrected chi connectivity index (χ4v) is 3.50. The minimum atomic E-state index is -1.51. The highest BCUT2D eigenvalue weighted by atomic mass is 16.4. The third-order valence-corrected chi connectivity index (χ3v) is 5.23. The van der Waals surface area contributed by atoms with Gasteiger partial charge in [-0.15, -0.1) is 0 Å². The number of amides is 3. The van der Waals surface area contributed by atoms with Gasteiger partial charge in [0.1, 0.15) is 18.1 Å². The molecule has 2 heterocycles. The van der Waals surface area contributed by atoms with E-state index < -0.39 is 66.9 Å². The van der Waals surface area contributed by atoms with Gasteiger partial charge in [-0.3, -0.25) is 19.2 Å². The van der Waals surface area contributed by atoms with E-state index in [4.69, 9.17) is 15.9 Å². The van der Waals surface area contributed by atoms with E-state index in [0.717, 1.165) is 0 Å². The summed E-state index contributed by atoms with van der Waals surface area (Å²) in [6, 6.07) is -4.82. The summed E-state index contributed by atoms with van der Waals surface area (Å²) in [4.78, 5) is 67.9. The number of nitrogens with zero attached hydrogens (tertiary/aromatic N) is 2. The van der Waals surface area contributed by atoms with Crippen molar-refractivity contribution in [3.8, 4) is 0 Å². The molecular formula is C19H28N6O8. The summed E-state index contributed by atoms with van der Waals surface area (Å²) in [5.74, 6) is -4.82. The van der Waals surface area contributed by atoms with Gasteiger partial charge in [0.15, 0.2) is 0 Å². The van der Waals surface area contributed by atoms with E-state index in [-0.39, 0.29) is 12.8 Å². The first-order valence-corrected chi connectivity index (χ1v) is 10.3. The molecule has 1 aliphatic rings. The molecule has 1 aliphatic heterocycles. The Labute approximate surface area is 188 Å². The van der Waals surface area contributed by atoms with Crippen LogP contribution in [0.25, 0.3) is 0 Å². The van der Waals surface area contributed by atoms with Crippen LogP contribution in [0, 0.1) is 0 Å². The summed E-state index contributed by atoms with van der Waals surface area (Å²) in [6.45, 7) is -0.539. The monoisotopic (exact) mass is 468 g/mol. The van der Waals surface area contributed by atoms with E-state index in [1.807, 2.05) is 0 Å². The molecule has 1 aromatic rings. The van der Waals surface area contributed by atoms with Gasteiger partial charge >= 0.3 is 11.9 Å². The van der Waals surface area contributed by atoms with Crippen LogP contribution in [-0.2, 0) is 30.4 Å². The number of carboxylic acids is 2. The van der Waals surface area contributed by atoms with Crippen molar-refractivity contribution >= 4 is 29.7 Å². The van der Waals surface area contributed by atoms with E-state index in [2.05, 4.69) is 20.6 Å². The molecule has 4 unspecified atom stereocenters. The average Bonchev–Trinajstić information content (AvgIpc) is 3.45.